The normalized spacial score (nSPS) is 13.4. The van der Waals surface area contributed by atoms with E-state index in [1.54, 1.807) is 0 Å². The smallest absolute Gasteiger partial charge is 0.229 e. The molecule has 4 nitrogen and oxygen atoms in total. The van der Waals surface area contributed by atoms with Crippen molar-refractivity contribution in [1.82, 2.24) is 0 Å². The van der Waals surface area contributed by atoms with Crippen LogP contribution in [0.4, 0.5) is 0 Å². The monoisotopic (exact) mass is 105 g/mol. The summed E-state index contributed by atoms with van der Waals surface area (Å²) in [5, 5.41) is 17.7. The van der Waals surface area contributed by atoms with Gasteiger partial charge in [0.25, 0.3) is 0 Å². The Morgan fingerprint density at radius 2 is 2.43 bits per heavy atom. The standard InChI is InChI=1S/C3H7NO3/c1-3(5)2-4(6)7/h3,5H,2H2,1H3/t3-/m1/s1. The molecule has 0 bridgehead atoms. The summed E-state index contributed by atoms with van der Waals surface area (Å²) in [6, 6.07) is 0. The molecule has 0 aliphatic heterocycles. The predicted octanol–water partition coefficient (Wildman–Crippen LogP) is -0.356. The maximum Gasteiger partial charge on any atom is 0.229 e. The Labute approximate surface area is 40.9 Å². The van der Waals surface area contributed by atoms with Gasteiger partial charge in [-0.25, -0.2) is 0 Å². The first-order valence-corrected chi connectivity index (χ1v) is 1.93. The number of hydrogen-bond acceptors (Lipinski definition) is 3. The molecule has 0 unspecified atom stereocenters. The van der Waals surface area contributed by atoms with E-state index in [-0.39, 0.29) is 6.54 Å². The predicted molar refractivity (Wildman–Crippen MR) is 23.5 cm³/mol. The summed E-state index contributed by atoms with van der Waals surface area (Å²) >= 11 is 0. The fraction of sp³-hybridized carbons (Fsp3) is 1.00. The molecule has 1 atom stereocenters. The summed E-state index contributed by atoms with van der Waals surface area (Å²) < 4.78 is 0. The number of hydrogen-bond donors (Lipinski definition) is 1. The third kappa shape index (κ3) is 5.36. The second kappa shape index (κ2) is 2.52. The molecule has 0 aliphatic rings. The van der Waals surface area contributed by atoms with E-state index in [1.807, 2.05) is 0 Å². The fourth-order valence-electron chi connectivity index (χ4n) is 0.216. The highest BCUT2D eigenvalue weighted by molar-refractivity contribution is 4.37. The largest absolute Gasteiger partial charge is 0.387 e. The molecule has 0 saturated heterocycles. The van der Waals surface area contributed by atoms with Gasteiger partial charge in [-0.1, -0.05) is 0 Å². The van der Waals surface area contributed by atoms with Gasteiger partial charge in [0, 0.05) is 4.92 Å². The molecular formula is C3H7NO3. The van der Waals surface area contributed by atoms with Crippen LogP contribution in [0.5, 0.6) is 0 Å². The lowest BCUT2D eigenvalue weighted by atomic mass is 10.4. The zero-order valence-corrected chi connectivity index (χ0v) is 4.00. The second-order valence-electron chi connectivity index (χ2n) is 1.36. The molecule has 0 fully saturated rings. The van der Waals surface area contributed by atoms with Gasteiger partial charge in [-0.2, -0.15) is 0 Å². The van der Waals surface area contributed by atoms with Crippen molar-refractivity contribution in [2.45, 2.75) is 13.0 Å². The van der Waals surface area contributed by atoms with Crippen LogP contribution < -0.4 is 0 Å². The molecule has 0 spiro atoms. The Morgan fingerprint density at radius 1 is 2.00 bits per heavy atom. The molecular weight excluding hydrogens is 98.0 g/mol. The lowest BCUT2D eigenvalue weighted by Crippen LogP contribution is -2.14. The average Bonchev–Trinajstić information content (AvgIpc) is 1.27. The molecule has 0 saturated carbocycles. The molecule has 0 aromatic heterocycles. The van der Waals surface area contributed by atoms with Gasteiger partial charge in [0.05, 0.1) is 0 Å². The van der Waals surface area contributed by atoms with E-state index in [1.165, 1.54) is 6.92 Å². The van der Waals surface area contributed by atoms with E-state index in [2.05, 4.69) is 0 Å². The van der Waals surface area contributed by atoms with Gasteiger partial charge in [-0.3, -0.25) is 10.1 Å². The molecule has 42 valence electrons. The van der Waals surface area contributed by atoms with Crippen molar-refractivity contribution in [2.75, 3.05) is 6.54 Å². The van der Waals surface area contributed by atoms with Crippen molar-refractivity contribution in [3.05, 3.63) is 10.1 Å². The Hall–Kier alpha value is -0.640. The van der Waals surface area contributed by atoms with E-state index in [4.69, 9.17) is 5.11 Å². The van der Waals surface area contributed by atoms with Crippen LogP contribution in [0.2, 0.25) is 0 Å². The molecule has 0 radical (unpaired) electrons. The minimum atomic E-state index is -0.824. The van der Waals surface area contributed by atoms with Gasteiger partial charge < -0.3 is 5.11 Å². The number of nitro groups is 1. The second-order valence-corrected chi connectivity index (χ2v) is 1.36. The number of aliphatic hydroxyl groups is 1. The third-order valence-corrected chi connectivity index (χ3v) is 0.413. The highest BCUT2D eigenvalue weighted by Gasteiger charge is 2.01. The minimum absolute atomic E-state index is 0.361. The summed E-state index contributed by atoms with van der Waals surface area (Å²) in [5.74, 6) is 0. The molecule has 7 heavy (non-hydrogen) atoms. The Bertz CT molecular complexity index is 70.6. The molecule has 1 N–H and O–H groups in total. The maximum absolute atomic E-state index is 9.46. The number of aliphatic hydroxyl groups excluding tert-OH is 1. The van der Waals surface area contributed by atoms with Crippen molar-refractivity contribution in [1.29, 1.82) is 0 Å². The van der Waals surface area contributed by atoms with Crippen LogP contribution in [0, 0.1) is 10.1 Å². The van der Waals surface area contributed by atoms with Crippen LogP contribution in [0.1, 0.15) is 6.92 Å². The molecule has 0 aliphatic carbocycles. The summed E-state index contributed by atoms with van der Waals surface area (Å²) in [4.78, 5) is 8.90. The fourth-order valence-corrected chi connectivity index (χ4v) is 0.216. The van der Waals surface area contributed by atoms with E-state index >= 15 is 0 Å². The minimum Gasteiger partial charge on any atom is -0.387 e. The Balaban J connectivity index is 3.13. The van der Waals surface area contributed by atoms with Crippen molar-refractivity contribution < 1.29 is 10.0 Å². The van der Waals surface area contributed by atoms with E-state index in [0.717, 1.165) is 0 Å². The van der Waals surface area contributed by atoms with Crippen molar-refractivity contribution in [3.8, 4) is 0 Å². The van der Waals surface area contributed by atoms with E-state index < -0.39 is 11.0 Å². The highest BCUT2D eigenvalue weighted by Crippen LogP contribution is 1.77. The highest BCUT2D eigenvalue weighted by atomic mass is 16.6. The molecule has 0 rings (SSSR count). The van der Waals surface area contributed by atoms with Crippen molar-refractivity contribution >= 4 is 0 Å². The molecule has 0 heterocycles. The topological polar surface area (TPSA) is 63.4 Å². The molecule has 0 aromatic carbocycles. The summed E-state index contributed by atoms with van der Waals surface area (Å²) in [6.07, 6.45) is -0.824. The van der Waals surface area contributed by atoms with Crippen molar-refractivity contribution in [3.63, 3.8) is 0 Å². The van der Waals surface area contributed by atoms with Gasteiger partial charge in [0.2, 0.25) is 6.54 Å². The summed E-state index contributed by atoms with van der Waals surface area (Å²) in [7, 11) is 0. The van der Waals surface area contributed by atoms with Gasteiger partial charge in [-0.05, 0) is 6.92 Å². The Morgan fingerprint density at radius 3 is 2.43 bits per heavy atom. The van der Waals surface area contributed by atoms with E-state index in [9.17, 15) is 10.1 Å². The molecule has 4 heteroatoms. The van der Waals surface area contributed by atoms with Crippen LogP contribution in [-0.4, -0.2) is 22.7 Å². The SMILES string of the molecule is C[C@@H](O)C[N+](=O)[O-]. The lowest BCUT2D eigenvalue weighted by molar-refractivity contribution is -0.489. The van der Waals surface area contributed by atoms with Crippen LogP contribution in [-0.2, 0) is 0 Å². The third-order valence-electron chi connectivity index (χ3n) is 0.413. The lowest BCUT2D eigenvalue weighted by Gasteiger charge is -1.92. The van der Waals surface area contributed by atoms with Crippen LogP contribution in [0.25, 0.3) is 0 Å². The maximum atomic E-state index is 9.46. The Kier molecular flexibility index (Phi) is 2.29. The van der Waals surface area contributed by atoms with Crippen LogP contribution in [0.3, 0.4) is 0 Å². The van der Waals surface area contributed by atoms with Gasteiger partial charge >= 0.3 is 0 Å². The zero-order chi connectivity index (χ0) is 5.86. The first-order valence-electron chi connectivity index (χ1n) is 1.93. The van der Waals surface area contributed by atoms with E-state index in [0.29, 0.717) is 0 Å². The van der Waals surface area contributed by atoms with Gasteiger partial charge in [-0.15, -0.1) is 0 Å². The first kappa shape index (κ1) is 6.36. The summed E-state index contributed by atoms with van der Waals surface area (Å²) in [6.45, 7) is 1.02. The quantitative estimate of drug-likeness (QED) is 0.385. The molecule has 0 aromatic rings. The number of nitrogens with zero attached hydrogens (tertiary/aromatic N) is 1. The van der Waals surface area contributed by atoms with Crippen molar-refractivity contribution in [2.24, 2.45) is 0 Å². The number of rotatable bonds is 2. The van der Waals surface area contributed by atoms with Gasteiger partial charge in [0.1, 0.15) is 6.10 Å². The molecule has 0 amide bonds. The summed E-state index contributed by atoms with van der Waals surface area (Å²) in [5.41, 5.74) is 0. The van der Waals surface area contributed by atoms with Crippen LogP contribution in [0.15, 0.2) is 0 Å². The van der Waals surface area contributed by atoms with Crippen LogP contribution >= 0.6 is 0 Å². The van der Waals surface area contributed by atoms with Gasteiger partial charge in [0.15, 0.2) is 0 Å². The zero-order valence-electron chi connectivity index (χ0n) is 4.00. The first-order chi connectivity index (χ1) is 3.13. The average molecular weight is 105 g/mol.